The summed E-state index contributed by atoms with van der Waals surface area (Å²) in [5, 5.41) is 15.0. The van der Waals surface area contributed by atoms with E-state index in [0.29, 0.717) is 12.2 Å². The lowest BCUT2D eigenvalue weighted by atomic mass is 10.1. The molecular formula is C14H17N5O. The second kappa shape index (κ2) is 6.63. The summed E-state index contributed by atoms with van der Waals surface area (Å²) in [6.45, 7) is 2.75. The summed E-state index contributed by atoms with van der Waals surface area (Å²) in [4.78, 5) is 8.04. The molecule has 0 aliphatic heterocycles. The highest BCUT2D eigenvalue weighted by atomic mass is 16.4. The zero-order chi connectivity index (χ0) is 14.4. The second-order valence-corrected chi connectivity index (χ2v) is 4.42. The molecule has 2 aromatic heterocycles. The van der Waals surface area contributed by atoms with Crippen molar-refractivity contribution in [3.8, 4) is 0 Å². The first-order chi connectivity index (χ1) is 9.70. The van der Waals surface area contributed by atoms with Crippen molar-refractivity contribution in [2.24, 2.45) is 10.9 Å². The minimum atomic E-state index is 0.00836. The van der Waals surface area contributed by atoms with Gasteiger partial charge in [0.1, 0.15) is 5.69 Å². The van der Waals surface area contributed by atoms with Gasteiger partial charge in [-0.2, -0.15) is 0 Å². The highest BCUT2D eigenvalue weighted by Gasteiger charge is 2.06. The van der Waals surface area contributed by atoms with E-state index in [0.717, 1.165) is 5.56 Å². The van der Waals surface area contributed by atoms with Crippen LogP contribution in [0.15, 0.2) is 48.0 Å². The molecule has 0 radical (unpaired) electrons. The number of amidine groups is 1. The first-order valence-electron chi connectivity index (χ1n) is 6.27. The molecule has 104 valence electrons. The number of nitrogens with two attached hydrogens (primary N) is 1. The van der Waals surface area contributed by atoms with Gasteiger partial charge in [-0.05, 0) is 42.3 Å². The summed E-state index contributed by atoms with van der Waals surface area (Å²) in [7, 11) is 0. The van der Waals surface area contributed by atoms with Crippen LogP contribution in [0.25, 0.3) is 0 Å². The largest absolute Gasteiger partial charge is 0.409 e. The number of oxime groups is 1. The summed E-state index contributed by atoms with van der Waals surface area (Å²) in [6.07, 6.45) is 5.19. The molecule has 2 rings (SSSR count). The molecule has 0 bridgehead atoms. The molecule has 0 saturated carbocycles. The van der Waals surface area contributed by atoms with Crippen molar-refractivity contribution in [3.05, 3.63) is 59.7 Å². The molecule has 0 saturated heterocycles. The van der Waals surface area contributed by atoms with Gasteiger partial charge in [0.2, 0.25) is 0 Å². The first kappa shape index (κ1) is 14.0. The van der Waals surface area contributed by atoms with E-state index in [4.69, 9.17) is 10.9 Å². The lowest BCUT2D eigenvalue weighted by Gasteiger charge is -2.14. The topological polar surface area (TPSA) is 96.4 Å². The summed E-state index contributed by atoms with van der Waals surface area (Å²) >= 11 is 0. The van der Waals surface area contributed by atoms with E-state index in [1.165, 1.54) is 5.56 Å². The second-order valence-electron chi connectivity index (χ2n) is 4.42. The summed E-state index contributed by atoms with van der Waals surface area (Å²) in [5.41, 5.74) is 8.17. The third-order valence-corrected chi connectivity index (χ3v) is 3.01. The zero-order valence-corrected chi connectivity index (χ0v) is 11.2. The lowest BCUT2D eigenvalue weighted by molar-refractivity contribution is 0.318. The Labute approximate surface area is 117 Å². The van der Waals surface area contributed by atoms with E-state index < -0.39 is 0 Å². The Morgan fingerprint density at radius 1 is 1.35 bits per heavy atom. The average Bonchev–Trinajstić information content (AvgIpc) is 2.53. The van der Waals surface area contributed by atoms with Crippen LogP contribution >= 0.6 is 0 Å². The Morgan fingerprint density at radius 2 is 2.10 bits per heavy atom. The van der Waals surface area contributed by atoms with Crippen molar-refractivity contribution in [3.63, 3.8) is 0 Å². The number of rotatable bonds is 5. The molecular weight excluding hydrogens is 254 g/mol. The van der Waals surface area contributed by atoms with Gasteiger partial charge in [0.25, 0.3) is 0 Å². The van der Waals surface area contributed by atoms with Crippen molar-refractivity contribution < 1.29 is 5.21 Å². The fourth-order valence-electron chi connectivity index (χ4n) is 1.82. The predicted molar refractivity (Wildman–Crippen MR) is 76.2 cm³/mol. The molecule has 2 heterocycles. The Kier molecular flexibility index (Phi) is 4.62. The molecule has 0 fully saturated rings. The average molecular weight is 271 g/mol. The van der Waals surface area contributed by atoms with Crippen molar-refractivity contribution in [1.82, 2.24) is 15.3 Å². The molecule has 4 N–H and O–H groups in total. The van der Waals surface area contributed by atoms with Crippen LogP contribution < -0.4 is 11.1 Å². The van der Waals surface area contributed by atoms with Crippen LogP contribution in [0, 0.1) is 0 Å². The molecule has 20 heavy (non-hydrogen) atoms. The van der Waals surface area contributed by atoms with Crippen molar-refractivity contribution in [2.75, 3.05) is 0 Å². The molecule has 0 aliphatic carbocycles. The highest BCUT2D eigenvalue weighted by Crippen LogP contribution is 2.11. The molecule has 1 atom stereocenters. The van der Waals surface area contributed by atoms with Crippen LogP contribution in [0.2, 0.25) is 0 Å². The predicted octanol–water partition coefficient (Wildman–Crippen LogP) is 1.42. The number of hydrogen-bond acceptors (Lipinski definition) is 5. The van der Waals surface area contributed by atoms with Gasteiger partial charge in [0.05, 0.1) is 0 Å². The molecule has 6 nitrogen and oxygen atoms in total. The third-order valence-electron chi connectivity index (χ3n) is 3.01. The minimum absolute atomic E-state index is 0.00836. The van der Waals surface area contributed by atoms with E-state index in [9.17, 15) is 0 Å². The molecule has 0 aromatic carbocycles. The van der Waals surface area contributed by atoms with Crippen LogP contribution in [0.1, 0.15) is 29.8 Å². The Hall–Kier alpha value is -2.47. The molecule has 2 aromatic rings. The molecule has 0 unspecified atom stereocenters. The van der Waals surface area contributed by atoms with Crippen LogP contribution in [-0.2, 0) is 6.54 Å². The number of pyridine rings is 2. The van der Waals surface area contributed by atoms with Crippen molar-refractivity contribution in [1.29, 1.82) is 0 Å². The van der Waals surface area contributed by atoms with Gasteiger partial charge in [-0.25, -0.2) is 0 Å². The van der Waals surface area contributed by atoms with E-state index in [2.05, 4.69) is 27.4 Å². The quantitative estimate of drug-likeness (QED) is 0.331. The number of nitrogens with one attached hydrogen (secondary N) is 1. The number of hydrogen-bond donors (Lipinski definition) is 3. The van der Waals surface area contributed by atoms with Gasteiger partial charge in [0.15, 0.2) is 5.84 Å². The van der Waals surface area contributed by atoms with Crippen molar-refractivity contribution >= 4 is 5.84 Å². The van der Waals surface area contributed by atoms with Gasteiger partial charge in [-0.3, -0.25) is 9.97 Å². The summed E-state index contributed by atoms with van der Waals surface area (Å²) in [6, 6.07) is 7.85. The molecule has 0 amide bonds. The maximum atomic E-state index is 8.65. The SMILES string of the molecule is C[C@H](NCc1ccnc(/C(N)=N/O)c1)c1ccncc1. The molecule has 6 heteroatoms. The summed E-state index contributed by atoms with van der Waals surface area (Å²) < 4.78 is 0. The van der Waals surface area contributed by atoms with E-state index in [-0.39, 0.29) is 11.9 Å². The van der Waals surface area contributed by atoms with Crippen LogP contribution in [0.3, 0.4) is 0 Å². The fourth-order valence-corrected chi connectivity index (χ4v) is 1.82. The Balaban J connectivity index is 2.01. The maximum Gasteiger partial charge on any atom is 0.188 e. The van der Waals surface area contributed by atoms with Crippen molar-refractivity contribution in [2.45, 2.75) is 19.5 Å². The normalized spacial score (nSPS) is 13.2. The zero-order valence-electron chi connectivity index (χ0n) is 11.2. The molecule has 0 spiro atoms. The lowest BCUT2D eigenvalue weighted by Crippen LogP contribution is -2.19. The maximum absolute atomic E-state index is 8.65. The van der Waals surface area contributed by atoms with E-state index in [1.807, 2.05) is 18.2 Å². The van der Waals surface area contributed by atoms with E-state index >= 15 is 0 Å². The van der Waals surface area contributed by atoms with Gasteiger partial charge in [0, 0.05) is 31.2 Å². The summed E-state index contributed by atoms with van der Waals surface area (Å²) in [5.74, 6) is 0.00836. The minimum Gasteiger partial charge on any atom is -0.409 e. The third kappa shape index (κ3) is 3.52. The highest BCUT2D eigenvalue weighted by molar-refractivity contribution is 5.95. The van der Waals surface area contributed by atoms with E-state index in [1.54, 1.807) is 24.7 Å². The van der Waals surface area contributed by atoms with Gasteiger partial charge in [-0.1, -0.05) is 5.16 Å². The van der Waals surface area contributed by atoms with Crippen LogP contribution in [0.4, 0.5) is 0 Å². The Morgan fingerprint density at radius 3 is 2.80 bits per heavy atom. The van der Waals surface area contributed by atoms with Gasteiger partial charge >= 0.3 is 0 Å². The fraction of sp³-hybridized carbons (Fsp3) is 0.214. The molecule has 0 aliphatic rings. The number of nitrogens with zero attached hydrogens (tertiary/aromatic N) is 3. The number of aromatic nitrogens is 2. The first-order valence-corrected chi connectivity index (χ1v) is 6.27. The van der Waals surface area contributed by atoms with Crippen LogP contribution in [0.5, 0.6) is 0 Å². The standard InChI is InChI=1S/C14H17N5O/c1-10(12-3-5-16-6-4-12)18-9-11-2-7-17-13(8-11)14(15)19-20/h2-8,10,18,20H,9H2,1H3,(H2,15,19)/t10-/m0/s1. The monoisotopic (exact) mass is 271 g/mol. The smallest absolute Gasteiger partial charge is 0.188 e. The van der Waals surface area contributed by atoms with Gasteiger partial charge in [-0.15, -0.1) is 0 Å². The van der Waals surface area contributed by atoms with Crippen LogP contribution in [-0.4, -0.2) is 21.0 Å². The Bertz CT molecular complexity index is 585. The van der Waals surface area contributed by atoms with Gasteiger partial charge < -0.3 is 16.3 Å².